The first-order valence-corrected chi connectivity index (χ1v) is 6.68. The average molecular weight is 318 g/mol. The van der Waals surface area contributed by atoms with Crippen molar-refractivity contribution in [1.82, 2.24) is 0 Å². The highest BCUT2D eigenvalue weighted by Crippen LogP contribution is 2.27. The number of hydrogen-bond acceptors (Lipinski definition) is 2. The Bertz CT molecular complexity index is 776. The lowest BCUT2D eigenvalue weighted by atomic mass is 9.98. The lowest BCUT2D eigenvalue weighted by molar-refractivity contribution is 0.0696. The normalized spacial score (nSPS) is 11.0. The number of benzene rings is 2. The Hall–Kier alpha value is -2.28. The number of rotatable bonds is 3. The summed E-state index contributed by atoms with van der Waals surface area (Å²) in [5.74, 6) is -1.09. The van der Waals surface area contributed by atoms with Gasteiger partial charge in [0.1, 0.15) is 0 Å². The third-order valence-electron chi connectivity index (χ3n) is 2.83. The van der Waals surface area contributed by atoms with Crippen LogP contribution >= 0.6 is 23.2 Å². The van der Waals surface area contributed by atoms with Gasteiger partial charge in [-0.1, -0.05) is 47.5 Å². The summed E-state index contributed by atoms with van der Waals surface area (Å²) < 4.78 is 0. The highest BCUT2D eigenvalue weighted by molar-refractivity contribution is 6.35. The van der Waals surface area contributed by atoms with E-state index in [2.05, 4.69) is 0 Å². The third-order valence-corrected chi connectivity index (χ3v) is 3.39. The zero-order chi connectivity index (χ0) is 15.4. The third kappa shape index (κ3) is 3.43. The second-order valence-electron chi connectivity index (χ2n) is 4.19. The zero-order valence-electron chi connectivity index (χ0n) is 10.7. The molecule has 0 aromatic heterocycles. The number of aromatic carboxylic acids is 1. The Morgan fingerprint density at radius 2 is 1.81 bits per heavy atom. The van der Waals surface area contributed by atoms with E-state index in [-0.39, 0.29) is 11.1 Å². The Balaban J connectivity index is 2.57. The minimum absolute atomic E-state index is 0.0652. The Kier molecular flexibility index (Phi) is 4.64. The van der Waals surface area contributed by atoms with E-state index in [9.17, 15) is 15.2 Å². The van der Waals surface area contributed by atoms with Crippen LogP contribution in [-0.4, -0.2) is 11.1 Å². The minimum atomic E-state index is -1.09. The first kappa shape index (κ1) is 15.1. The number of allylic oxidation sites excluding steroid dienone is 1. The molecule has 2 aromatic rings. The first-order chi connectivity index (χ1) is 10.0. The molecule has 0 atom stereocenters. The maximum atomic E-state index is 11.2. The molecule has 0 saturated carbocycles. The molecule has 2 aromatic carbocycles. The number of carboxylic acids is 1. The molecule has 0 aliphatic heterocycles. The fourth-order valence-electron chi connectivity index (χ4n) is 1.85. The second kappa shape index (κ2) is 6.45. The van der Waals surface area contributed by atoms with Crippen LogP contribution in [-0.2, 0) is 0 Å². The van der Waals surface area contributed by atoms with Crippen LogP contribution in [0, 0.1) is 11.3 Å². The molecule has 0 fully saturated rings. The summed E-state index contributed by atoms with van der Waals surface area (Å²) in [4.78, 5) is 11.2. The van der Waals surface area contributed by atoms with Crippen molar-refractivity contribution >= 4 is 40.8 Å². The number of hydrogen-bond donors (Lipinski definition) is 1. The van der Waals surface area contributed by atoms with Crippen LogP contribution in [0.1, 0.15) is 21.5 Å². The van der Waals surface area contributed by atoms with Crippen molar-refractivity contribution in [2.45, 2.75) is 0 Å². The Labute approximate surface area is 131 Å². The van der Waals surface area contributed by atoms with Crippen molar-refractivity contribution in [2.24, 2.45) is 0 Å². The summed E-state index contributed by atoms with van der Waals surface area (Å²) >= 11 is 11.9. The summed E-state index contributed by atoms with van der Waals surface area (Å²) in [6, 6.07) is 13.2. The number of nitriles is 1. The SMILES string of the molecule is N#C/C(=C/c1ccc(Cl)cc1Cl)c1ccccc1C(=O)O. The van der Waals surface area contributed by atoms with Crippen molar-refractivity contribution < 1.29 is 9.90 Å². The predicted octanol–water partition coefficient (Wildman–Crippen LogP) is 4.76. The molecule has 3 nitrogen and oxygen atoms in total. The van der Waals surface area contributed by atoms with Gasteiger partial charge in [0.05, 0.1) is 17.2 Å². The fourth-order valence-corrected chi connectivity index (χ4v) is 2.31. The highest BCUT2D eigenvalue weighted by Gasteiger charge is 2.13. The quantitative estimate of drug-likeness (QED) is 0.656. The van der Waals surface area contributed by atoms with Gasteiger partial charge in [0, 0.05) is 15.6 Å². The van der Waals surface area contributed by atoms with Crippen LogP contribution in [0.15, 0.2) is 42.5 Å². The predicted molar refractivity (Wildman–Crippen MR) is 83.3 cm³/mol. The number of carbonyl (C=O) groups is 1. The van der Waals surface area contributed by atoms with E-state index >= 15 is 0 Å². The lowest BCUT2D eigenvalue weighted by Gasteiger charge is -2.05. The van der Waals surface area contributed by atoms with Gasteiger partial charge in [-0.05, 0) is 29.8 Å². The smallest absolute Gasteiger partial charge is 0.336 e. The van der Waals surface area contributed by atoms with E-state index < -0.39 is 5.97 Å². The van der Waals surface area contributed by atoms with E-state index in [4.69, 9.17) is 23.2 Å². The fraction of sp³-hybridized carbons (Fsp3) is 0. The van der Waals surface area contributed by atoms with E-state index in [1.165, 1.54) is 6.07 Å². The van der Waals surface area contributed by atoms with Crippen LogP contribution in [0.3, 0.4) is 0 Å². The molecule has 0 radical (unpaired) electrons. The Morgan fingerprint density at radius 1 is 1.14 bits per heavy atom. The summed E-state index contributed by atoms with van der Waals surface area (Å²) in [5.41, 5.74) is 1.23. The average Bonchev–Trinajstić information content (AvgIpc) is 2.46. The molecule has 2 rings (SSSR count). The van der Waals surface area contributed by atoms with Crippen molar-refractivity contribution in [2.75, 3.05) is 0 Å². The minimum Gasteiger partial charge on any atom is -0.478 e. The molecule has 21 heavy (non-hydrogen) atoms. The van der Waals surface area contributed by atoms with Crippen LogP contribution in [0.25, 0.3) is 11.6 Å². The molecular weight excluding hydrogens is 309 g/mol. The van der Waals surface area contributed by atoms with Gasteiger partial charge in [-0.25, -0.2) is 4.79 Å². The van der Waals surface area contributed by atoms with Crippen molar-refractivity contribution in [3.63, 3.8) is 0 Å². The first-order valence-electron chi connectivity index (χ1n) is 5.92. The maximum Gasteiger partial charge on any atom is 0.336 e. The van der Waals surface area contributed by atoms with E-state index in [0.29, 0.717) is 21.2 Å². The Morgan fingerprint density at radius 3 is 2.38 bits per heavy atom. The van der Waals surface area contributed by atoms with E-state index in [0.717, 1.165) is 0 Å². The van der Waals surface area contributed by atoms with Gasteiger partial charge >= 0.3 is 5.97 Å². The summed E-state index contributed by atoms with van der Waals surface area (Å²) in [6.45, 7) is 0. The van der Waals surface area contributed by atoms with Gasteiger partial charge in [0.2, 0.25) is 0 Å². The molecule has 0 aliphatic carbocycles. The molecule has 0 spiro atoms. The molecule has 0 bridgehead atoms. The molecular formula is C16H9Cl2NO2. The van der Waals surface area contributed by atoms with E-state index in [1.54, 1.807) is 42.5 Å². The monoisotopic (exact) mass is 317 g/mol. The zero-order valence-corrected chi connectivity index (χ0v) is 12.2. The summed E-state index contributed by atoms with van der Waals surface area (Å²) in [6.07, 6.45) is 1.54. The molecule has 5 heteroatoms. The van der Waals surface area contributed by atoms with Crippen LogP contribution in [0.2, 0.25) is 10.0 Å². The highest BCUT2D eigenvalue weighted by atomic mass is 35.5. The lowest BCUT2D eigenvalue weighted by Crippen LogP contribution is -2.01. The van der Waals surface area contributed by atoms with Crippen molar-refractivity contribution in [3.8, 4) is 6.07 Å². The molecule has 104 valence electrons. The van der Waals surface area contributed by atoms with E-state index in [1.807, 2.05) is 6.07 Å². The summed E-state index contributed by atoms with van der Waals surface area (Å²) in [5, 5.41) is 19.4. The maximum absolute atomic E-state index is 11.2. The number of halogens is 2. The summed E-state index contributed by atoms with van der Waals surface area (Å²) in [7, 11) is 0. The second-order valence-corrected chi connectivity index (χ2v) is 5.03. The van der Waals surface area contributed by atoms with Gasteiger partial charge in [-0.2, -0.15) is 5.26 Å². The molecule has 1 N–H and O–H groups in total. The molecule has 0 saturated heterocycles. The van der Waals surface area contributed by atoms with Gasteiger partial charge in [0.15, 0.2) is 0 Å². The van der Waals surface area contributed by atoms with Gasteiger partial charge in [-0.15, -0.1) is 0 Å². The van der Waals surface area contributed by atoms with Crippen LogP contribution < -0.4 is 0 Å². The van der Waals surface area contributed by atoms with Crippen LogP contribution in [0.4, 0.5) is 0 Å². The van der Waals surface area contributed by atoms with Crippen molar-refractivity contribution in [1.29, 1.82) is 5.26 Å². The molecule has 0 heterocycles. The standard InChI is InChI=1S/C16H9Cl2NO2/c17-12-6-5-10(15(18)8-12)7-11(9-19)13-3-1-2-4-14(13)16(20)21/h1-8H,(H,20,21)/b11-7-. The number of nitrogens with zero attached hydrogens (tertiary/aromatic N) is 1. The van der Waals surface area contributed by atoms with Crippen molar-refractivity contribution in [3.05, 3.63) is 69.2 Å². The van der Waals surface area contributed by atoms with Gasteiger partial charge < -0.3 is 5.11 Å². The number of carboxylic acid groups (broad SMARTS) is 1. The molecule has 0 unspecified atom stereocenters. The molecule has 0 amide bonds. The van der Waals surface area contributed by atoms with Gasteiger partial charge in [-0.3, -0.25) is 0 Å². The largest absolute Gasteiger partial charge is 0.478 e. The van der Waals surface area contributed by atoms with Gasteiger partial charge in [0.25, 0.3) is 0 Å². The topological polar surface area (TPSA) is 61.1 Å². The molecule has 0 aliphatic rings. The van der Waals surface area contributed by atoms with Crippen LogP contribution in [0.5, 0.6) is 0 Å².